The van der Waals surface area contributed by atoms with E-state index in [1.54, 1.807) is 0 Å². The van der Waals surface area contributed by atoms with Crippen molar-refractivity contribution in [1.82, 2.24) is 0 Å². The zero-order chi connectivity index (χ0) is 12.2. The lowest BCUT2D eigenvalue weighted by atomic mass is 10.1. The summed E-state index contributed by atoms with van der Waals surface area (Å²) in [7, 11) is 0. The van der Waals surface area contributed by atoms with Gasteiger partial charge in [0.1, 0.15) is 5.75 Å². The summed E-state index contributed by atoms with van der Waals surface area (Å²) in [6.07, 6.45) is -4.55. The molecule has 1 aromatic rings. The number of Topliss-reactive ketones (excluding diaryl/α,β-unsaturated/α-hetero) is 1. The second kappa shape index (κ2) is 4.98. The highest BCUT2D eigenvalue weighted by atomic mass is 19.4. The third-order valence-corrected chi connectivity index (χ3v) is 1.78. The van der Waals surface area contributed by atoms with E-state index in [0.717, 1.165) is 12.1 Å². The quantitative estimate of drug-likeness (QED) is 0.810. The fraction of sp³-hybridized carbons (Fsp3) is 0.300. The molecule has 3 nitrogen and oxygen atoms in total. The molecule has 88 valence electrons. The topological polar surface area (TPSA) is 52.3 Å². The normalized spacial score (nSPS) is 11.2. The minimum absolute atomic E-state index is 0.166. The van der Waals surface area contributed by atoms with Gasteiger partial charge in [-0.3, -0.25) is 4.79 Å². The number of halogens is 3. The van der Waals surface area contributed by atoms with Gasteiger partial charge < -0.3 is 10.5 Å². The van der Waals surface area contributed by atoms with Gasteiger partial charge in [0.05, 0.1) is 0 Å². The standard InChI is InChI=1S/C10H10F3NO2/c11-10(12,13)16-8-3-1-7(2-4-8)9(15)5-6-14/h1-4H,5-6,14H2. The van der Waals surface area contributed by atoms with E-state index in [9.17, 15) is 18.0 Å². The SMILES string of the molecule is NCCC(=O)c1ccc(OC(F)(F)F)cc1. The van der Waals surface area contributed by atoms with Gasteiger partial charge >= 0.3 is 6.36 Å². The number of hydrogen-bond acceptors (Lipinski definition) is 3. The first-order chi connectivity index (χ1) is 7.42. The molecule has 0 saturated carbocycles. The number of alkyl halides is 3. The molecule has 0 radical (unpaired) electrons. The summed E-state index contributed by atoms with van der Waals surface area (Å²) in [6.45, 7) is 0.208. The third kappa shape index (κ3) is 3.90. The second-order valence-electron chi connectivity index (χ2n) is 3.03. The predicted molar refractivity (Wildman–Crippen MR) is 51.1 cm³/mol. The summed E-state index contributed by atoms with van der Waals surface area (Å²) in [6, 6.07) is 4.74. The third-order valence-electron chi connectivity index (χ3n) is 1.78. The van der Waals surface area contributed by atoms with Crippen LogP contribution in [0.4, 0.5) is 13.2 Å². The molecule has 0 atom stereocenters. The highest BCUT2D eigenvalue weighted by Crippen LogP contribution is 2.22. The van der Waals surface area contributed by atoms with Crippen molar-refractivity contribution in [3.05, 3.63) is 29.8 Å². The average Bonchev–Trinajstić information content (AvgIpc) is 2.16. The molecule has 0 aliphatic carbocycles. The Morgan fingerprint density at radius 3 is 2.25 bits per heavy atom. The van der Waals surface area contributed by atoms with E-state index in [2.05, 4.69) is 4.74 Å². The van der Waals surface area contributed by atoms with Gasteiger partial charge in [0.25, 0.3) is 0 Å². The Morgan fingerprint density at radius 1 is 1.25 bits per heavy atom. The summed E-state index contributed by atoms with van der Waals surface area (Å²) >= 11 is 0. The van der Waals surface area contributed by atoms with Gasteiger partial charge in [-0.2, -0.15) is 0 Å². The van der Waals surface area contributed by atoms with E-state index in [4.69, 9.17) is 5.73 Å². The first kappa shape index (κ1) is 12.5. The van der Waals surface area contributed by atoms with Crippen molar-refractivity contribution in [2.24, 2.45) is 5.73 Å². The number of hydrogen-bond donors (Lipinski definition) is 1. The van der Waals surface area contributed by atoms with Crippen LogP contribution in [0.3, 0.4) is 0 Å². The molecule has 1 aromatic carbocycles. The van der Waals surface area contributed by atoms with Crippen LogP contribution >= 0.6 is 0 Å². The lowest BCUT2D eigenvalue weighted by Crippen LogP contribution is -2.17. The van der Waals surface area contributed by atoms with Gasteiger partial charge in [-0.1, -0.05) is 0 Å². The molecule has 0 fully saturated rings. The van der Waals surface area contributed by atoms with Crippen molar-refractivity contribution in [1.29, 1.82) is 0 Å². The van der Waals surface area contributed by atoms with Crippen molar-refractivity contribution in [3.8, 4) is 5.75 Å². The van der Waals surface area contributed by atoms with Crippen molar-refractivity contribution in [3.63, 3.8) is 0 Å². The lowest BCUT2D eigenvalue weighted by molar-refractivity contribution is -0.274. The summed E-state index contributed by atoms with van der Waals surface area (Å²) < 4.78 is 39.1. The molecule has 0 aromatic heterocycles. The molecular formula is C10H10F3NO2. The zero-order valence-electron chi connectivity index (χ0n) is 8.25. The molecule has 0 aliphatic rings. The number of nitrogens with two attached hydrogens (primary N) is 1. The monoisotopic (exact) mass is 233 g/mol. The van der Waals surface area contributed by atoms with E-state index >= 15 is 0 Å². The maximum Gasteiger partial charge on any atom is 0.573 e. The Labute approximate surface area is 90.0 Å². The molecule has 0 heterocycles. The van der Waals surface area contributed by atoms with Gasteiger partial charge in [0.15, 0.2) is 5.78 Å². The Kier molecular flexibility index (Phi) is 3.89. The Balaban J connectivity index is 2.72. The van der Waals surface area contributed by atoms with Crippen LogP contribution < -0.4 is 10.5 Å². The van der Waals surface area contributed by atoms with Crippen molar-refractivity contribution in [2.75, 3.05) is 6.54 Å². The Hall–Kier alpha value is -1.56. The summed E-state index contributed by atoms with van der Waals surface area (Å²) in [5.74, 6) is -0.558. The Bertz CT molecular complexity index is 359. The molecule has 1 rings (SSSR count). The molecule has 0 aliphatic heterocycles. The number of rotatable bonds is 4. The average molecular weight is 233 g/mol. The van der Waals surface area contributed by atoms with E-state index in [1.807, 2.05) is 0 Å². The van der Waals surface area contributed by atoms with Gasteiger partial charge in [-0.05, 0) is 30.8 Å². The minimum atomic E-state index is -4.72. The highest BCUT2D eigenvalue weighted by Gasteiger charge is 2.30. The highest BCUT2D eigenvalue weighted by molar-refractivity contribution is 5.96. The van der Waals surface area contributed by atoms with Crippen LogP contribution in [0, 0.1) is 0 Å². The van der Waals surface area contributed by atoms with Gasteiger partial charge in [0.2, 0.25) is 0 Å². The molecule has 0 amide bonds. The minimum Gasteiger partial charge on any atom is -0.406 e. The largest absolute Gasteiger partial charge is 0.573 e. The maximum absolute atomic E-state index is 11.8. The molecular weight excluding hydrogens is 223 g/mol. The van der Waals surface area contributed by atoms with Crippen LogP contribution in [0.15, 0.2) is 24.3 Å². The number of carbonyl (C=O) groups is 1. The summed E-state index contributed by atoms with van der Waals surface area (Å²) in [5, 5.41) is 0. The van der Waals surface area contributed by atoms with Gasteiger partial charge in [-0.25, -0.2) is 0 Å². The van der Waals surface area contributed by atoms with E-state index in [-0.39, 0.29) is 24.5 Å². The Morgan fingerprint density at radius 2 is 1.81 bits per heavy atom. The molecule has 16 heavy (non-hydrogen) atoms. The molecule has 0 bridgehead atoms. The summed E-state index contributed by atoms with van der Waals surface area (Å²) in [5.41, 5.74) is 5.51. The van der Waals surface area contributed by atoms with Crippen molar-refractivity contribution >= 4 is 5.78 Å². The summed E-state index contributed by atoms with van der Waals surface area (Å²) in [4.78, 5) is 11.3. The molecule has 0 unspecified atom stereocenters. The smallest absolute Gasteiger partial charge is 0.406 e. The van der Waals surface area contributed by atoms with Crippen LogP contribution in [-0.4, -0.2) is 18.7 Å². The van der Waals surface area contributed by atoms with Gasteiger partial charge in [-0.15, -0.1) is 13.2 Å². The first-order valence-electron chi connectivity index (χ1n) is 4.51. The number of ketones is 1. The van der Waals surface area contributed by atoms with E-state index < -0.39 is 6.36 Å². The predicted octanol–water partition coefficient (Wildman–Crippen LogP) is 2.12. The number of ether oxygens (including phenoxy) is 1. The fourth-order valence-electron chi connectivity index (χ4n) is 1.12. The number of carbonyl (C=O) groups excluding carboxylic acids is 1. The molecule has 0 saturated heterocycles. The van der Waals surface area contributed by atoms with Crippen molar-refractivity contribution in [2.45, 2.75) is 12.8 Å². The van der Waals surface area contributed by atoms with E-state index in [0.29, 0.717) is 5.56 Å². The second-order valence-corrected chi connectivity index (χ2v) is 3.03. The molecule has 2 N–H and O–H groups in total. The molecule has 0 spiro atoms. The van der Waals surface area contributed by atoms with Gasteiger partial charge in [0, 0.05) is 12.0 Å². The van der Waals surface area contributed by atoms with Crippen LogP contribution in [0.25, 0.3) is 0 Å². The van der Waals surface area contributed by atoms with Crippen LogP contribution in [-0.2, 0) is 0 Å². The van der Waals surface area contributed by atoms with Crippen LogP contribution in [0.5, 0.6) is 5.75 Å². The molecule has 6 heteroatoms. The van der Waals surface area contributed by atoms with Crippen LogP contribution in [0.1, 0.15) is 16.8 Å². The zero-order valence-corrected chi connectivity index (χ0v) is 8.25. The fourth-order valence-corrected chi connectivity index (χ4v) is 1.12. The number of benzene rings is 1. The van der Waals surface area contributed by atoms with Crippen LogP contribution in [0.2, 0.25) is 0 Å². The maximum atomic E-state index is 11.8. The van der Waals surface area contributed by atoms with Crippen molar-refractivity contribution < 1.29 is 22.7 Å². The first-order valence-corrected chi connectivity index (χ1v) is 4.51. The lowest BCUT2D eigenvalue weighted by Gasteiger charge is -2.08. The van der Waals surface area contributed by atoms with E-state index in [1.165, 1.54) is 12.1 Å².